The Kier molecular flexibility index (Phi) is 6.13. The zero-order valence-electron chi connectivity index (χ0n) is 17.7. The SMILES string of the molecule is CC(Sc1nnc(C(C)N(C)C)n1-c1ccc(Cl)cc1)c1nc2ccccc2c(=O)[nH]1. The molecule has 2 heterocycles. The number of benzene rings is 2. The third-order valence-corrected chi connectivity index (χ3v) is 6.49. The molecule has 0 saturated carbocycles. The highest BCUT2D eigenvalue weighted by Gasteiger charge is 2.23. The molecule has 1 N–H and O–H groups in total. The molecule has 0 amide bonds. The lowest BCUT2D eigenvalue weighted by Gasteiger charge is -2.21. The highest BCUT2D eigenvalue weighted by Crippen LogP contribution is 2.35. The minimum atomic E-state index is -0.144. The van der Waals surface area contributed by atoms with Gasteiger partial charge in [0.2, 0.25) is 0 Å². The lowest BCUT2D eigenvalue weighted by molar-refractivity contribution is 0.305. The summed E-state index contributed by atoms with van der Waals surface area (Å²) in [6.07, 6.45) is 0. The second-order valence-corrected chi connectivity index (χ2v) is 9.26. The van der Waals surface area contributed by atoms with E-state index in [1.807, 2.05) is 68.1 Å². The average molecular weight is 455 g/mol. The molecule has 160 valence electrons. The number of H-pyrrole nitrogens is 1. The summed E-state index contributed by atoms with van der Waals surface area (Å²) in [6, 6.07) is 15.0. The highest BCUT2D eigenvalue weighted by atomic mass is 35.5. The van der Waals surface area contributed by atoms with Gasteiger partial charge in [-0.15, -0.1) is 10.2 Å². The second-order valence-electron chi connectivity index (χ2n) is 7.52. The van der Waals surface area contributed by atoms with Crippen LogP contribution in [0.15, 0.2) is 58.5 Å². The summed E-state index contributed by atoms with van der Waals surface area (Å²) in [6.45, 7) is 4.07. The molecule has 0 aliphatic heterocycles. The van der Waals surface area contributed by atoms with E-state index >= 15 is 0 Å². The number of para-hydroxylation sites is 1. The van der Waals surface area contributed by atoms with Crippen LogP contribution in [0.25, 0.3) is 16.6 Å². The predicted octanol–water partition coefficient (Wildman–Crippen LogP) is 4.63. The molecule has 4 aromatic rings. The summed E-state index contributed by atoms with van der Waals surface area (Å²) in [7, 11) is 4.01. The van der Waals surface area contributed by atoms with Gasteiger partial charge in [-0.1, -0.05) is 35.5 Å². The van der Waals surface area contributed by atoms with Gasteiger partial charge in [-0.3, -0.25) is 14.3 Å². The monoisotopic (exact) mass is 454 g/mol. The molecule has 31 heavy (non-hydrogen) atoms. The van der Waals surface area contributed by atoms with Gasteiger partial charge in [0.1, 0.15) is 5.82 Å². The molecule has 0 spiro atoms. The molecule has 0 aliphatic rings. The molecule has 4 rings (SSSR count). The molecule has 2 unspecified atom stereocenters. The predicted molar refractivity (Wildman–Crippen MR) is 125 cm³/mol. The van der Waals surface area contributed by atoms with E-state index in [-0.39, 0.29) is 16.9 Å². The van der Waals surface area contributed by atoms with Gasteiger partial charge in [0.05, 0.1) is 22.2 Å². The van der Waals surface area contributed by atoms with Crippen molar-refractivity contribution in [3.8, 4) is 5.69 Å². The molecule has 0 aliphatic carbocycles. The van der Waals surface area contributed by atoms with Crippen molar-refractivity contribution in [1.29, 1.82) is 0 Å². The summed E-state index contributed by atoms with van der Waals surface area (Å²) >= 11 is 7.59. The van der Waals surface area contributed by atoms with Crippen LogP contribution in [0.1, 0.15) is 36.8 Å². The molecule has 0 bridgehead atoms. The number of fused-ring (bicyclic) bond motifs is 1. The van der Waals surface area contributed by atoms with Crippen molar-refractivity contribution in [1.82, 2.24) is 29.6 Å². The Balaban J connectivity index is 1.74. The van der Waals surface area contributed by atoms with E-state index in [1.165, 1.54) is 11.8 Å². The second kappa shape index (κ2) is 8.82. The van der Waals surface area contributed by atoms with Crippen LogP contribution < -0.4 is 5.56 Å². The van der Waals surface area contributed by atoms with E-state index in [4.69, 9.17) is 11.6 Å². The van der Waals surface area contributed by atoms with Crippen molar-refractivity contribution in [3.63, 3.8) is 0 Å². The largest absolute Gasteiger partial charge is 0.309 e. The number of thioether (sulfide) groups is 1. The molecule has 2 aromatic carbocycles. The number of nitrogens with zero attached hydrogens (tertiary/aromatic N) is 5. The molecular formula is C22H23ClN6OS. The Morgan fingerprint density at radius 2 is 1.77 bits per heavy atom. The normalized spacial score (nSPS) is 13.6. The molecule has 9 heteroatoms. The van der Waals surface area contributed by atoms with Crippen LogP contribution in [0.3, 0.4) is 0 Å². The first-order valence-corrected chi connectivity index (χ1v) is 11.1. The van der Waals surface area contributed by atoms with Gasteiger partial charge in [-0.05, 0) is 64.3 Å². The number of hydrogen-bond donors (Lipinski definition) is 1. The van der Waals surface area contributed by atoms with E-state index in [0.29, 0.717) is 26.9 Å². The van der Waals surface area contributed by atoms with Crippen molar-refractivity contribution in [2.24, 2.45) is 0 Å². The number of aromatic nitrogens is 5. The van der Waals surface area contributed by atoms with Crippen molar-refractivity contribution < 1.29 is 0 Å². The third kappa shape index (κ3) is 4.37. The molecule has 2 atom stereocenters. The lowest BCUT2D eigenvalue weighted by atomic mass is 10.2. The fraction of sp³-hybridized carbons (Fsp3) is 0.273. The van der Waals surface area contributed by atoms with Crippen molar-refractivity contribution in [2.75, 3.05) is 14.1 Å². The summed E-state index contributed by atoms with van der Waals surface area (Å²) in [5.41, 5.74) is 1.46. The van der Waals surface area contributed by atoms with E-state index in [1.54, 1.807) is 6.07 Å². The molecule has 0 saturated heterocycles. The number of aromatic amines is 1. The van der Waals surface area contributed by atoms with Crippen LogP contribution in [-0.2, 0) is 0 Å². The summed E-state index contributed by atoms with van der Waals surface area (Å²) in [4.78, 5) is 22.1. The maximum atomic E-state index is 12.5. The standard InChI is InChI=1S/C22H23ClN6OS/c1-13(28(3)4)20-26-27-22(29(20)16-11-9-15(23)10-12-16)31-14(2)19-24-18-8-6-5-7-17(18)21(30)25-19/h5-14H,1-4H3,(H,24,25,30). The van der Waals surface area contributed by atoms with Crippen LogP contribution in [0.4, 0.5) is 0 Å². The van der Waals surface area contributed by atoms with Gasteiger partial charge in [0.15, 0.2) is 11.0 Å². The quantitative estimate of drug-likeness (QED) is 0.428. The van der Waals surface area contributed by atoms with Gasteiger partial charge in [0, 0.05) is 10.7 Å². The van der Waals surface area contributed by atoms with Crippen LogP contribution in [-0.4, -0.2) is 43.7 Å². The topological polar surface area (TPSA) is 79.7 Å². The number of halogens is 1. The lowest BCUT2D eigenvalue weighted by Crippen LogP contribution is -2.20. The Morgan fingerprint density at radius 3 is 2.48 bits per heavy atom. The summed E-state index contributed by atoms with van der Waals surface area (Å²) in [5, 5.41) is 10.8. The molecule has 0 radical (unpaired) electrons. The molecule has 0 fully saturated rings. The first kappa shape index (κ1) is 21.5. The maximum absolute atomic E-state index is 12.5. The van der Waals surface area contributed by atoms with E-state index < -0.39 is 0 Å². The van der Waals surface area contributed by atoms with Crippen LogP contribution >= 0.6 is 23.4 Å². The van der Waals surface area contributed by atoms with E-state index in [2.05, 4.69) is 32.0 Å². The molecule has 2 aromatic heterocycles. The maximum Gasteiger partial charge on any atom is 0.258 e. The molecule has 7 nitrogen and oxygen atoms in total. The van der Waals surface area contributed by atoms with Gasteiger partial charge in [-0.2, -0.15) is 0 Å². The number of hydrogen-bond acceptors (Lipinski definition) is 6. The fourth-order valence-electron chi connectivity index (χ4n) is 3.20. The molecular weight excluding hydrogens is 432 g/mol. The van der Waals surface area contributed by atoms with Crippen LogP contribution in [0.5, 0.6) is 0 Å². The minimum Gasteiger partial charge on any atom is -0.309 e. The smallest absolute Gasteiger partial charge is 0.258 e. The fourth-order valence-corrected chi connectivity index (χ4v) is 4.26. The van der Waals surface area contributed by atoms with Gasteiger partial charge >= 0.3 is 0 Å². The van der Waals surface area contributed by atoms with Crippen LogP contribution in [0, 0.1) is 0 Å². The first-order chi connectivity index (χ1) is 14.8. The Hall–Kier alpha value is -2.68. The van der Waals surface area contributed by atoms with Crippen molar-refractivity contribution in [3.05, 3.63) is 75.6 Å². The van der Waals surface area contributed by atoms with Gasteiger partial charge in [-0.25, -0.2) is 4.98 Å². The third-order valence-electron chi connectivity index (χ3n) is 5.19. The van der Waals surface area contributed by atoms with E-state index in [0.717, 1.165) is 11.5 Å². The summed E-state index contributed by atoms with van der Waals surface area (Å²) < 4.78 is 2.03. The van der Waals surface area contributed by atoms with Gasteiger partial charge in [0.25, 0.3) is 5.56 Å². The highest BCUT2D eigenvalue weighted by molar-refractivity contribution is 7.99. The first-order valence-electron chi connectivity index (χ1n) is 9.88. The van der Waals surface area contributed by atoms with Crippen LogP contribution in [0.2, 0.25) is 5.02 Å². The Bertz CT molecular complexity index is 1270. The number of rotatable bonds is 6. The zero-order chi connectivity index (χ0) is 22.1. The summed E-state index contributed by atoms with van der Waals surface area (Å²) in [5.74, 6) is 1.42. The van der Waals surface area contributed by atoms with Crippen molar-refractivity contribution >= 4 is 34.3 Å². The number of nitrogens with one attached hydrogen (secondary N) is 1. The van der Waals surface area contributed by atoms with Gasteiger partial charge < -0.3 is 4.98 Å². The van der Waals surface area contributed by atoms with Crippen molar-refractivity contribution in [2.45, 2.75) is 30.3 Å². The minimum absolute atomic E-state index is 0.0476. The average Bonchev–Trinajstić information content (AvgIpc) is 3.17. The van der Waals surface area contributed by atoms with E-state index in [9.17, 15) is 4.79 Å². The Labute approximate surface area is 189 Å². The zero-order valence-corrected chi connectivity index (χ0v) is 19.3. The Morgan fingerprint density at radius 1 is 1.06 bits per heavy atom.